The topological polar surface area (TPSA) is 68.9 Å². The van der Waals surface area contributed by atoms with Crippen molar-refractivity contribution in [1.29, 1.82) is 0 Å². The van der Waals surface area contributed by atoms with Gasteiger partial charge in [0.25, 0.3) is 0 Å². The number of halogens is 1. The van der Waals surface area contributed by atoms with Crippen LogP contribution in [0.5, 0.6) is 0 Å². The largest absolute Gasteiger partial charge is 0.367 e. The standard InChI is InChI=1S/C24H31ClN6/c1-31-11-8-19(9-12-31)28-17-4-6-18(7-5-17)29-23-14-16(13-22(25)30-23)21-15-27-24-20(21)3-2-10-26-24/h2-3,10,13-15,17-19,28H,4-9,11-12H2,1H3,(H,26,27)(H,29,30)/t17-,18-. The van der Waals surface area contributed by atoms with Crippen LogP contribution in [0.2, 0.25) is 5.15 Å². The zero-order valence-corrected chi connectivity index (χ0v) is 18.8. The molecule has 3 aromatic heterocycles. The molecule has 1 saturated carbocycles. The normalized spacial score (nSPS) is 23.3. The fraction of sp³-hybridized carbons (Fsp3) is 0.500. The van der Waals surface area contributed by atoms with Gasteiger partial charge in [-0.15, -0.1) is 0 Å². The Kier molecular flexibility index (Phi) is 6.12. The Balaban J connectivity index is 1.21. The third-order valence-corrected chi connectivity index (χ3v) is 7.02. The summed E-state index contributed by atoms with van der Waals surface area (Å²) in [7, 11) is 2.22. The van der Waals surface area contributed by atoms with Crippen molar-refractivity contribution in [2.75, 3.05) is 25.5 Å². The Morgan fingerprint density at radius 3 is 2.58 bits per heavy atom. The predicted octanol–water partition coefficient (Wildman–Crippen LogP) is 4.69. The van der Waals surface area contributed by atoms with Crippen molar-refractivity contribution in [2.45, 2.75) is 56.7 Å². The first-order valence-corrected chi connectivity index (χ1v) is 11.8. The summed E-state index contributed by atoms with van der Waals surface area (Å²) in [4.78, 5) is 14.6. The van der Waals surface area contributed by atoms with Crippen LogP contribution in [0.3, 0.4) is 0 Å². The van der Waals surface area contributed by atoms with Crippen LogP contribution in [0.4, 0.5) is 5.82 Å². The highest BCUT2D eigenvalue weighted by atomic mass is 35.5. The number of anilines is 1. The fourth-order valence-corrected chi connectivity index (χ4v) is 5.25. The van der Waals surface area contributed by atoms with Crippen LogP contribution in [-0.4, -0.2) is 58.1 Å². The molecule has 2 aliphatic rings. The molecule has 2 fully saturated rings. The van der Waals surface area contributed by atoms with E-state index in [9.17, 15) is 0 Å². The maximum Gasteiger partial charge on any atom is 0.137 e. The summed E-state index contributed by atoms with van der Waals surface area (Å²) in [6.45, 7) is 2.42. The molecule has 0 bridgehead atoms. The number of likely N-dealkylation sites (tertiary alicyclic amines) is 1. The van der Waals surface area contributed by atoms with Crippen molar-refractivity contribution >= 4 is 28.5 Å². The predicted molar refractivity (Wildman–Crippen MR) is 128 cm³/mol. The minimum absolute atomic E-state index is 0.444. The van der Waals surface area contributed by atoms with Gasteiger partial charge in [0.15, 0.2) is 0 Å². The number of hydrogen-bond acceptors (Lipinski definition) is 5. The fourth-order valence-electron chi connectivity index (χ4n) is 5.04. The number of nitrogens with zero attached hydrogens (tertiary/aromatic N) is 3. The first-order chi connectivity index (χ1) is 15.1. The molecule has 3 N–H and O–H groups in total. The zero-order valence-electron chi connectivity index (χ0n) is 18.1. The van der Waals surface area contributed by atoms with Crippen molar-refractivity contribution in [3.63, 3.8) is 0 Å². The Morgan fingerprint density at radius 2 is 1.77 bits per heavy atom. The lowest BCUT2D eigenvalue weighted by Gasteiger charge is -2.36. The van der Waals surface area contributed by atoms with Crippen LogP contribution < -0.4 is 10.6 Å². The molecule has 6 nitrogen and oxygen atoms in total. The SMILES string of the molecule is CN1CCC(N[C@H]2CC[C@H](Nc3cc(-c4c[nH]c5ncccc45)cc(Cl)n3)CC2)CC1. The highest BCUT2D eigenvalue weighted by Gasteiger charge is 2.25. The average molecular weight is 439 g/mol. The zero-order chi connectivity index (χ0) is 21.2. The number of fused-ring (bicyclic) bond motifs is 1. The van der Waals surface area contributed by atoms with Gasteiger partial charge in [0.2, 0.25) is 0 Å². The molecule has 0 spiro atoms. The molecule has 0 unspecified atom stereocenters. The quantitative estimate of drug-likeness (QED) is 0.504. The van der Waals surface area contributed by atoms with Crippen LogP contribution in [0, 0.1) is 0 Å². The van der Waals surface area contributed by atoms with Gasteiger partial charge < -0.3 is 20.5 Å². The average Bonchev–Trinajstić information content (AvgIpc) is 3.21. The Labute approximate surface area is 188 Å². The molecule has 0 amide bonds. The lowest BCUT2D eigenvalue weighted by molar-refractivity contribution is 0.211. The smallest absolute Gasteiger partial charge is 0.137 e. The minimum Gasteiger partial charge on any atom is -0.367 e. The molecule has 0 radical (unpaired) electrons. The van der Waals surface area contributed by atoms with Gasteiger partial charge in [0.1, 0.15) is 16.6 Å². The van der Waals surface area contributed by atoms with E-state index in [-0.39, 0.29) is 0 Å². The Morgan fingerprint density at radius 1 is 1.03 bits per heavy atom. The van der Waals surface area contributed by atoms with Gasteiger partial charge in [-0.05, 0) is 88.5 Å². The molecule has 1 saturated heterocycles. The van der Waals surface area contributed by atoms with Gasteiger partial charge in [-0.2, -0.15) is 0 Å². The molecule has 1 aliphatic carbocycles. The molecule has 0 atom stereocenters. The lowest BCUT2D eigenvalue weighted by Crippen LogP contribution is -2.47. The molecule has 0 aromatic carbocycles. The van der Waals surface area contributed by atoms with E-state index < -0.39 is 0 Å². The van der Waals surface area contributed by atoms with E-state index >= 15 is 0 Å². The Bertz CT molecular complexity index is 1020. The molecular formula is C24H31ClN6. The molecule has 7 heteroatoms. The van der Waals surface area contributed by atoms with E-state index in [4.69, 9.17) is 11.6 Å². The third kappa shape index (κ3) is 4.86. The second kappa shape index (κ2) is 9.15. The number of aromatic nitrogens is 3. The summed E-state index contributed by atoms with van der Waals surface area (Å²) in [5.41, 5.74) is 3.04. The molecular weight excluding hydrogens is 408 g/mol. The van der Waals surface area contributed by atoms with Gasteiger partial charge in [0, 0.05) is 41.5 Å². The van der Waals surface area contributed by atoms with Crippen LogP contribution in [0.15, 0.2) is 36.7 Å². The van der Waals surface area contributed by atoms with Crippen molar-refractivity contribution in [3.05, 3.63) is 41.8 Å². The molecule has 31 heavy (non-hydrogen) atoms. The second-order valence-corrected chi connectivity index (χ2v) is 9.49. The third-order valence-electron chi connectivity index (χ3n) is 6.83. The summed E-state index contributed by atoms with van der Waals surface area (Å²) in [6, 6.07) is 9.84. The van der Waals surface area contributed by atoms with E-state index in [1.54, 1.807) is 6.20 Å². The van der Waals surface area contributed by atoms with Crippen LogP contribution in [0.1, 0.15) is 38.5 Å². The molecule has 5 rings (SSSR count). The van der Waals surface area contributed by atoms with Gasteiger partial charge in [-0.25, -0.2) is 9.97 Å². The summed E-state index contributed by atoms with van der Waals surface area (Å²) >= 11 is 6.39. The number of H-pyrrole nitrogens is 1. The van der Waals surface area contributed by atoms with E-state index in [0.717, 1.165) is 40.8 Å². The van der Waals surface area contributed by atoms with Crippen LogP contribution in [0.25, 0.3) is 22.2 Å². The van der Waals surface area contributed by atoms with E-state index in [0.29, 0.717) is 23.3 Å². The van der Waals surface area contributed by atoms with Gasteiger partial charge in [0.05, 0.1) is 0 Å². The maximum absolute atomic E-state index is 6.39. The molecule has 1 aliphatic heterocycles. The molecule has 164 valence electrons. The number of hydrogen-bond donors (Lipinski definition) is 3. The molecule has 4 heterocycles. The van der Waals surface area contributed by atoms with Crippen molar-refractivity contribution < 1.29 is 0 Å². The molecule has 3 aromatic rings. The van der Waals surface area contributed by atoms with E-state index in [1.807, 2.05) is 18.3 Å². The van der Waals surface area contributed by atoms with E-state index in [2.05, 4.69) is 49.7 Å². The summed E-state index contributed by atoms with van der Waals surface area (Å²) in [6.07, 6.45) is 11.1. The van der Waals surface area contributed by atoms with Crippen molar-refractivity contribution in [2.24, 2.45) is 0 Å². The highest BCUT2D eigenvalue weighted by Crippen LogP contribution is 2.31. The van der Waals surface area contributed by atoms with Gasteiger partial charge >= 0.3 is 0 Å². The maximum atomic E-state index is 6.39. The first-order valence-electron chi connectivity index (χ1n) is 11.5. The number of piperidine rings is 1. The van der Waals surface area contributed by atoms with E-state index in [1.165, 1.54) is 38.8 Å². The van der Waals surface area contributed by atoms with Gasteiger partial charge in [-0.1, -0.05) is 11.6 Å². The Hall–Kier alpha value is -2.15. The number of rotatable bonds is 5. The monoisotopic (exact) mass is 438 g/mol. The second-order valence-electron chi connectivity index (χ2n) is 9.10. The number of aromatic amines is 1. The summed E-state index contributed by atoms with van der Waals surface area (Å²) < 4.78 is 0. The van der Waals surface area contributed by atoms with Crippen LogP contribution >= 0.6 is 11.6 Å². The van der Waals surface area contributed by atoms with Gasteiger partial charge in [-0.3, -0.25) is 0 Å². The summed E-state index contributed by atoms with van der Waals surface area (Å²) in [5, 5.41) is 9.17. The van der Waals surface area contributed by atoms with Crippen molar-refractivity contribution in [3.8, 4) is 11.1 Å². The number of nitrogens with one attached hydrogen (secondary N) is 3. The number of pyridine rings is 2. The van der Waals surface area contributed by atoms with Crippen LogP contribution in [-0.2, 0) is 0 Å². The lowest BCUT2D eigenvalue weighted by atomic mass is 9.90. The highest BCUT2D eigenvalue weighted by molar-refractivity contribution is 6.29. The van der Waals surface area contributed by atoms with Crippen molar-refractivity contribution in [1.82, 2.24) is 25.2 Å². The summed E-state index contributed by atoms with van der Waals surface area (Å²) in [5.74, 6) is 0.854. The minimum atomic E-state index is 0.444. The first kappa shape index (κ1) is 20.7.